The Hall–Kier alpha value is -3.73. The third-order valence-corrected chi connectivity index (χ3v) is 6.12. The molecule has 2 aromatic carbocycles. The number of urea groups is 1. The molecule has 3 aromatic rings. The van der Waals surface area contributed by atoms with Gasteiger partial charge in [0, 0.05) is 56.7 Å². The second kappa shape index (κ2) is 9.87. The van der Waals surface area contributed by atoms with Crippen molar-refractivity contribution in [1.82, 2.24) is 24.6 Å². The first-order valence-electron chi connectivity index (χ1n) is 11.6. The highest BCUT2D eigenvalue weighted by Crippen LogP contribution is 2.25. The number of piperazine rings is 1. The van der Waals surface area contributed by atoms with Gasteiger partial charge in [-0.25, -0.2) is 18.3 Å². The second-order valence-electron chi connectivity index (χ2n) is 8.68. The average Bonchev–Trinajstić information content (AvgIpc) is 3.32. The molecule has 2 aliphatic heterocycles. The molecule has 184 valence electrons. The van der Waals surface area contributed by atoms with Crippen LogP contribution >= 0.6 is 0 Å². The third kappa shape index (κ3) is 5.35. The molecule has 0 bridgehead atoms. The monoisotopic (exact) mass is 483 g/mol. The van der Waals surface area contributed by atoms with E-state index in [1.807, 2.05) is 28.9 Å². The lowest BCUT2D eigenvalue weighted by Gasteiger charge is -2.39. The summed E-state index contributed by atoms with van der Waals surface area (Å²) in [7, 11) is 0. The molecule has 0 radical (unpaired) electrons. The van der Waals surface area contributed by atoms with Crippen LogP contribution in [0, 0.1) is 18.6 Å². The number of ether oxygens (including phenoxy) is 1. The van der Waals surface area contributed by atoms with E-state index in [0.717, 1.165) is 36.1 Å². The molecule has 5 rings (SSSR count). The summed E-state index contributed by atoms with van der Waals surface area (Å²) in [5.74, 6) is -1.05. The van der Waals surface area contributed by atoms with Crippen LogP contribution in [0.3, 0.4) is 0 Å². The Kier molecular flexibility index (Phi) is 6.49. The van der Waals surface area contributed by atoms with Gasteiger partial charge in [0.15, 0.2) is 0 Å². The Morgan fingerprint density at radius 3 is 2.29 bits per heavy atom. The summed E-state index contributed by atoms with van der Waals surface area (Å²) in [6.07, 6.45) is 1.40. The molecule has 0 unspecified atom stereocenters. The molecule has 2 amide bonds. The maximum Gasteiger partial charge on any atom is 0.320 e. The zero-order valence-corrected chi connectivity index (χ0v) is 19.5. The number of aromatic nitrogens is 3. The molecular formula is C24H27F2N7O2. The quantitative estimate of drug-likeness (QED) is 0.614. The van der Waals surface area contributed by atoms with E-state index in [1.54, 1.807) is 0 Å². The Morgan fingerprint density at radius 1 is 0.886 bits per heavy atom. The number of nitrogens with one attached hydrogen (secondary N) is 1. The predicted octanol–water partition coefficient (Wildman–Crippen LogP) is 3.17. The number of aryl methyl sites for hydroxylation is 1. The van der Waals surface area contributed by atoms with Gasteiger partial charge in [0.1, 0.15) is 18.0 Å². The van der Waals surface area contributed by atoms with Gasteiger partial charge >= 0.3 is 6.03 Å². The van der Waals surface area contributed by atoms with Crippen LogP contribution in [0.5, 0.6) is 0 Å². The maximum absolute atomic E-state index is 13.5. The SMILES string of the molecule is Cc1cc(Nc2ncn(-c3cc(F)cc(F)c3)n2)cc(N2CCN(C(=O)N3CCOCC3)CC2)c1. The molecule has 0 atom stereocenters. The van der Waals surface area contributed by atoms with Gasteiger partial charge in [-0.1, -0.05) is 0 Å². The molecule has 2 saturated heterocycles. The minimum atomic E-state index is -0.680. The summed E-state index contributed by atoms with van der Waals surface area (Å²) in [5, 5.41) is 7.47. The predicted molar refractivity (Wildman–Crippen MR) is 127 cm³/mol. The summed E-state index contributed by atoms with van der Waals surface area (Å²) in [4.78, 5) is 23.0. The van der Waals surface area contributed by atoms with Gasteiger partial charge in [-0.15, -0.1) is 5.10 Å². The van der Waals surface area contributed by atoms with Crippen molar-refractivity contribution < 1.29 is 18.3 Å². The summed E-state index contributed by atoms with van der Waals surface area (Å²) in [6, 6.07) is 9.36. The Labute approximate surface area is 201 Å². The minimum absolute atomic E-state index is 0.0828. The molecule has 2 aliphatic rings. The molecule has 2 fully saturated rings. The topological polar surface area (TPSA) is 78.8 Å². The van der Waals surface area contributed by atoms with Crippen LogP contribution in [-0.4, -0.2) is 83.1 Å². The molecule has 0 saturated carbocycles. The van der Waals surface area contributed by atoms with Gasteiger partial charge in [-0.2, -0.15) is 4.98 Å². The lowest BCUT2D eigenvalue weighted by Crippen LogP contribution is -2.54. The normalized spacial score (nSPS) is 16.5. The average molecular weight is 484 g/mol. The van der Waals surface area contributed by atoms with Gasteiger partial charge in [0.25, 0.3) is 0 Å². The van der Waals surface area contributed by atoms with Crippen LogP contribution in [-0.2, 0) is 4.74 Å². The third-order valence-electron chi connectivity index (χ3n) is 6.12. The second-order valence-corrected chi connectivity index (χ2v) is 8.68. The van der Waals surface area contributed by atoms with E-state index in [0.29, 0.717) is 45.3 Å². The van der Waals surface area contributed by atoms with Gasteiger partial charge in [-0.3, -0.25) is 0 Å². The van der Waals surface area contributed by atoms with Crippen molar-refractivity contribution in [2.45, 2.75) is 6.92 Å². The van der Waals surface area contributed by atoms with E-state index in [4.69, 9.17) is 4.74 Å². The first-order valence-corrected chi connectivity index (χ1v) is 11.6. The van der Waals surface area contributed by atoms with Crippen LogP contribution in [0.4, 0.5) is 30.9 Å². The highest BCUT2D eigenvalue weighted by Gasteiger charge is 2.26. The number of morpholine rings is 1. The first-order chi connectivity index (χ1) is 16.9. The van der Waals surface area contributed by atoms with Crippen molar-refractivity contribution >= 4 is 23.4 Å². The van der Waals surface area contributed by atoms with Crippen molar-refractivity contribution in [3.63, 3.8) is 0 Å². The Balaban J connectivity index is 1.24. The lowest BCUT2D eigenvalue weighted by molar-refractivity contribution is 0.0428. The number of carbonyl (C=O) groups excluding carboxylic acids is 1. The molecule has 0 aliphatic carbocycles. The van der Waals surface area contributed by atoms with E-state index < -0.39 is 11.6 Å². The minimum Gasteiger partial charge on any atom is -0.378 e. The first kappa shape index (κ1) is 23.0. The fraction of sp³-hybridized carbons (Fsp3) is 0.375. The lowest BCUT2D eigenvalue weighted by atomic mass is 10.1. The van der Waals surface area contributed by atoms with E-state index in [2.05, 4.69) is 26.4 Å². The molecule has 35 heavy (non-hydrogen) atoms. The van der Waals surface area contributed by atoms with E-state index in [9.17, 15) is 13.6 Å². The fourth-order valence-electron chi connectivity index (χ4n) is 4.37. The molecular weight excluding hydrogens is 456 g/mol. The smallest absolute Gasteiger partial charge is 0.320 e. The van der Waals surface area contributed by atoms with Crippen LogP contribution in [0.25, 0.3) is 5.69 Å². The van der Waals surface area contributed by atoms with Crippen molar-refractivity contribution in [3.8, 4) is 5.69 Å². The number of carbonyl (C=O) groups is 1. The number of nitrogens with zero attached hydrogens (tertiary/aromatic N) is 6. The molecule has 1 aromatic heterocycles. The number of rotatable bonds is 4. The molecule has 9 nitrogen and oxygen atoms in total. The molecule has 1 N–H and O–H groups in total. The van der Waals surface area contributed by atoms with E-state index in [-0.39, 0.29) is 11.7 Å². The number of amides is 2. The van der Waals surface area contributed by atoms with Crippen molar-refractivity contribution in [1.29, 1.82) is 0 Å². The van der Waals surface area contributed by atoms with Crippen molar-refractivity contribution in [2.24, 2.45) is 0 Å². The van der Waals surface area contributed by atoms with Crippen molar-refractivity contribution in [3.05, 3.63) is 59.9 Å². The molecule has 3 heterocycles. The van der Waals surface area contributed by atoms with Gasteiger partial charge in [0.2, 0.25) is 5.95 Å². The van der Waals surface area contributed by atoms with Crippen LogP contribution in [0.2, 0.25) is 0 Å². The number of anilines is 3. The summed E-state index contributed by atoms with van der Waals surface area (Å²) in [6.45, 7) is 7.26. The van der Waals surface area contributed by atoms with Crippen LogP contribution in [0.15, 0.2) is 42.7 Å². The molecule has 11 heteroatoms. The number of benzene rings is 2. The van der Waals surface area contributed by atoms with Gasteiger partial charge in [-0.05, 0) is 42.8 Å². The largest absolute Gasteiger partial charge is 0.378 e. The summed E-state index contributed by atoms with van der Waals surface area (Å²) < 4.78 is 33.7. The highest BCUT2D eigenvalue weighted by atomic mass is 19.1. The zero-order valence-electron chi connectivity index (χ0n) is 19.5. The molecule has 0 spiro atoms. The van der Waals surface area contributed by atoms with Crippen molar-refractivity contribution in [2.75, 3.05) is 62.7 Å². The van der Waals surface area contributed by atoms with Gasteiger partial charge < -0.3 is 24.8 Å². The van der Waals surface area contributed by atoms with E-state index >= 15 is 0 Å². The van der Waals surface area contributed by atoms with E-state index in [1.165, 1.54) is 23.1 Å². The summed E-state index contributed by atoms with van der Waals surface area (Å²) in [5.41, 5.74) is 3.15. The fourth-order valence-corrected chi connectivity index (χ4v) is 4.37. The zero-order chi connectivity index (χ0) is 24.4. The Bertz CT molecular complexity index is 1180. The number of hydrogen-bond donors (Lipinski definition) is 1. The number of halogens is 2. The van der Waals surface area contributed by atoms with Gasteiger partial charge in [0.05, 0.1) is 18.9 Å². The number of hydrogen-bond acceptors (Lipinski definition) is 6. The van der Waals surface area contributed by atoms with Crippen LogP contribution in [0.1, 0.15) is 5.56 Å². The standard InChI is InChI=1S/C24H27F2N7O2/c1-17-10-20(28-23-27-16-33(29-23)22-13-18(25)12-19(26)14-22)15-21(11-17)30-2-4-31(5-3-30)24(34)32-6-8-35-9-7-32/h10-16H,2-9H2,1H3,(H,28,29). The van der Waals surface area contributed by atoms with Crippen LogP contribution < -0.4 is 10.2 Å². The highest BCUT2D eigenvalue weighted by molar-refractivity contribution is 5.75. The summed E-state index contributed by atoms with van der Waals surface area (Å²) >= 11 is 0. The maximum atomic E-state index is 13.5. The Morgan fingerprint density at radius 2 is 1.57 bits per heavy atom.